The molecule has 2 atom stereocenters. The third-order valence-electron chi connectivity index (χ3n) is 8.67. The van der Waals surface area contributed by atoms with Crippen molar-refractivity contribution in [3.05, 3.63) is 29.8 Å². The van der Waals surface area contributed by atoms with E-state index in [-0.39, 0.29) is 18.5 Å². The summed E-state index contributed by atoms with van der Waals surface area (Å²) in [7, 11) is 2.15. The number of fused-ring (bicyclic) bond motifs is 6. The minimum atomic E-state index is -0.495. The molecule has 1 amide bonds. The summed E-state index contributed by atoms with van der Waals surface area (Å²) in [6.07, 6.45) is 10.3. The Morgan fingerprint density at radius 2 is 1.91 bits per heavy atom. The number of imidazole rings is 1. The van der Waals surface area contributed by atoms with Crippen LogP contribution in [-0.2, 0) is 17.4 Å². The van der Waals surface area contributed by atoms with Gasteiger partial charge in [-0.25, -0.2) is 9.78 Å². The van der Waals surface area contributed by atoms with Gasteiger partial charge in [-0.1, -0.05) is 0 Å². The first-order valence-electron chi connectivity index (χ1n) is 13.0. The fraction of sp³-hybridized carbons (Fsp3) is 0.654. The van der Waals surface area contributed by atoms with Crippen LogP contribution in [-0.4, -0.2) is 57.3 Å². The molecular formula is C26H34ClN5O3. The number of nitrogens with zero attached hydrogens (tertiary/aromatic N) is 4. The second kappa shape index (κ2) is 8.66. The van der Waals surface area contributed by atoms with Gasteiger partial charge in [0.1, 0.15) is 23.0 Å². The largest absolute Gasteiger partial charge is 0.478 e. The smallest absolute Gasteiger partial charge is 0.409 e. The van der Waals surface area contributed by atoms with Crippen molar-refractivity contribution in [3.63, 3.8) is 0 Å². The summed E-state index contributed by atoms with van der Waals surface area (Å²) in [6.45, 7) is 1.80. The average Bonchev–Trinajstić information content (AvgIpc) is 3.53. The highest BCUT2D eigenvalue weighted by Gasteiger charge is 2.49. The number of likely N-dealkylation sites (tertiary alicyclic amines) is 1. The van der Waals surface area contributed by atoms with E-state index in [1.807, 2.05) is 23.2 Å². The van der Waals surface area contributed by atoms with Crippen molar-refractivity contribution in [2.75, 3.05) is 19.7 Å². The molecule has 9 heteroatoms. The van der Waals surface area contributed by atoms with Crippen LogP contribution in [0.4, 0.5) is 4.79 Å². The van der Waals surface area contributed by atoms with Crippen LogP contribution in [0, 0.1) is 5.92 Å². The SMILES string of the molecule is Cl.Cn1c(C2CC3CCC(C2)N3)nc2c1C1(CCN(C(=O)OCC3CC3)CC1)Oc1cccnc1-2. The van der Waals surface area contributed by atoms with E-state index in [1.54, 1.807) is 0 Å². The quantitative estimate of drug-likeness (QED) is 0.683. The fourth-order valence-electron chi connectivity index (χ4n) is 6.70. The van der Waals surface area contributed by atoms with Gasteiger partial charge in [-0.15, -0.1) is 12.4 Å². The lowest BCUT2D eigenvalue weighted by Gasteiger charge is -2.44. The number of nitrogens with one attached hydrogen (secondary N) is 1. The lowest BCUT2D eigenvalue weighted by molar-refractivity contribution is -0.0115. The molecule has 2 unspecified atom stereocenters. The van der Waals surface area contributed by atoms with Crippen LogP contribution in [0.1, 0.15) is 68.8 Å². The zero-order chi connectivity index (χ0) is 22.9. The molecule has 3 saturated heterocycles. The molecule has 7 rings (SSSR count). The molecule has 4 fully saturated rings. The summed E-state index contributed by atoms with van der Waals surface area (Å²) >= 11 is 0. The Bertz CT molecular complexity index is 1110. The summed E-state index contributed by atoms with van der Waals surface area (Å²) in [6, 6.07) is 5.15. The zero-order valence-corrected chi connectivity index (χ0v) is 21.1. The van der Waals surface area contributed by atoms with Gasteiger partial charge in [0.2, 0.25) is 0 Å². The van der Waals surface area contributed by atoms with Gasteiger partial charge in [0.25, 0.3) is 0 Å². The van der Waals surface area contributed by atoms with Gasteiger partial charge < -0.3 is 24.3 Å². The third kappa shape index (κ3) is 3.89. The molecule has 2 bridgehead atoms. The molecule has 0 radical (unpaired) electrons. The minimum Gasteiger partial charge on any atom is -0.478 e. The van der Waals surface area contributed by atoms with Gasteiger partial charge in [0.05, 0.1) is 12.3 Å². The number of piperidine rings is 2. The third-order valence-corrected chi connectivity index (χ3v) is 8.67. The molecule has 8 nitrogen and oxygen atoms in total. The summed E-state index contributed by atoms with van der Waals surface area (Å²) < 4.78 is 14.6. The number of ether oxygens (including phenoxy) is 2. The first-order chi connectivity index (χ1) is 16.6. The molecule has 0 aromatic carbocycles. The summed E-state index contributed by atoms with van der Waals surface area (Å²) in [5, 5.41) is 3.76. The highest BCUT2D eigenvalue weighted by Crippen LogP contribution is 2.50. The Morgan fingerprint density at radius 3 is 2.63 bits per heavy atom. The van der Waals surface area contributed by atoms with Crippen molar-refractivity contribution >= 4 is 18.5 Å². The highest BCUT2D eigenvalue weighted by molar-refractivity contribution is 5.85. The van der Waals surface area contributed by atoms with Gasteiger partial charge in [0.15, 0.2) is 5.60 Å². The standard InChI is InChI=1S/C26H33N5O3.ClH/c1-30-23-22(29-24(30)17-13-18-6-7-19(14-17)28-18)21-20(3-2-10-27-21)34-26(23)8-11-31(12-9-26)25(32)33-15-16-4-5-16;/h2-3,10,16-19,28H,4-9,11-15H2,1H3;1H. The number of rotatable bonds is 3. The normalized spacial score (nSPS) is 28.0. The van der Waals surface area contributed by atoms with E-state index in [9.17, 15) is 4.79 Å². The second-order valence-electron chi connectivity index (χ2n) is 11.0. The van der Waals surface area contributed by atoms with Gasteiger partial charge in [-0.3, -0.25) is 4.98 Å². The van der Waals surface area contributed by atoms with Gasteiger partial charge in [-0.05, 0) is 56.6 Å². The van der Waals surface area contributed by atoms with Crippen LogP contribution in [0.3, 0.4) is 0 Å². The van der Waals surface area contributed by atoms with E-state index in [0.29, 0.717) is 43.6 Å². The monoisotopic (exact) mass is 499 g/mol. The summed E-state index contributed by atoms with van der Waals surface area (Å²) in [4.78, 5) is 24.4. The molecule has 1 aliphatic carbocycles. The van der Waals surface area contributed by atoms with E-state index in [2.05, 4.69) is 21.9 Å². The predicted molar refractivity (Wildman–Crippen MR) is 133 cm³/mol. The number of halogens is 1. The van der Waals surface area contributed by atoms with Gasteiger partial charge in [0, 0.05) is 57.2 Å². The van der Waals surface area contributed by atoms with Crippen LogP contribution in [0.15, 0.2) is 18.3 Å². The topological polar surface area (TPSA) is 81.5 Å². The first-order valence-corrected chi connectivity index (χ1v) is 13.0. The molecule has 188 valence electrons. The zero-order valence-electron chi connectivity index (χ0n) is 20.2. The number of aromatic nitrogens is 3. The Balaban J connectivity index is 0.00000229. The van der Waals surface area contributed by atoms with Crippen molar-refractivity contribution in [2.45, 2.75) is 75.0 Å². The molecule has 6 heterocycles. The van der Waals surface area contributed by atoms with Crippen LogP contribution >= 0.6 is 12.4 Å². The number of hydrogen-bond donors (Lipinski definition) is 1. The van der Waals surface area contributed by atoms with Gasteiger partial charge in [-0.2, -0.15) is 0 Å². The van der Waals surface area contributed by atoms with E-state index >= 15 is 0 Å². The molecule has 1 spiro atoms. The van der Waals surface area contributed by atoms with Crippen molar-refractivity contribution in [3.8, 4) is 17.1 Å². The lowest BCUT2D eigenvalue weighted by Crippen LogP contribution is -2.50. The minimum absolute atomic E-state index is 0. The maximum atomic E-state index is 12.6. The molecule has 1 N–H and O–H groups in total. The Morgan fingerprint density at radius 1 is 1.17 bits per heavy atom. The van der Waals surface area contributed by atoms with E-state index in [0.717, 1.165) is 54.3 Å². The van der Waals surface area contributed by atoms with Crippen molar-refractivity contribution in [1.29, 1.82) is 0 Å². The van der Waals surface area contributed by atoms with Crippen molar-refractivity contribution in [1.82, 2.24) is 24.8 Å². The molecule has 2 aromatic rings. The van der Waals surface area contributed by atoms with Crippen molar-refractivity contribution in [2.24, 2.45) is 13.0 Å². The molecule has 5 aliphatic rings. The molecule has 2 aromatic heterocycles. The van der Waals surface area contributed by atoms with Crippen LogP contribution in [0.5, 0.6) is 5.75 Å². The fourth-order valence-corrected chi connectivity index (χ4v) is 6.70. The van der Waals surface area contributed by atoms with Crippen LogP contribution in [0.2, 0.25) is 0 Å². The average molecular weight is 500 g/mol. The molecule has 4 aliphatic heterocycles. The lowest BCUT2D eigenvalue weighted by atomic mass is 9.84. The number of amides is 1. The summed E-state index contributed by atoms with van der Waals surface area (Å²) in [5.74, 6) is 2.99. The second-order valence-corrected chi connectivity index (χ2v) is 11.0. The molecule has 1 saturated carbocycles. The highest BCUT2D eigenvalue weighted by atomic mass is 35.5. The number of carbonyl (C=O) groups is 1. The van der Waals surface area contributed by atoms with E-state index < -0.39 is 5.60 Å². The van der Waals surface area contributed by atoms with Crippen LogP contribution < -0.4 is 10.1 Å². The van der Waals surface area contributed by atoms with E-state index in [4.69, 9.17) is 14.5 Å². The predicted octanol–water partition coefficient (Wildman–Crippen LogP) is 4.13. The Hall–Kier alpha value is -2.32. The van der Waals surface area contributed by atoms with Crippen LogP contribution in [0.25, 0.3) is 11.4 Å². The van der Waals surface area contributed by atoms with E-state index in [1.165, 1.54) is 25.7 Å². The van der Waals surface area contributed by atoms with Gasteiger partial charge >= 0.3 is 6.09 Å². The van der Waals surface area contributed by atoms with Crippen molar-refractivity contribution < 1.29 is 14.3 Å². The number of hydrogen-bond acceptors (Lipinski definition) is 6. The Kier molecular flexibility index (Phi) is 5.72. The summed E-state index contributed by atoms with van der Waals surface area (Å²) in [5.41, 5.74) is 2.44. The number of carbonyl (C=O) groups excluding carboxylic acids is 1. The first kappa shape index (κ1) is 23.1. The maximum absolute atomic E-state index is 12.6. The number of pyridine rings is 1. The molecular weight excluding hydrogens is 466 g/mol. The molecule has 35 heavy (non-hydrogen) atoms. The Labute approximate surface area is 212 Å². The maximum Gasteiger partial charge on any atom is 0.409 e.